The van der Waals surface area contributed by atoms with Gasteiger partial charge in [-0.2, -0.15) is 0 Å². The number of aryl methyl sites for hydroxylation is 1. The zero-order chi connectivity index (χ0) is 20.1. The average Bonchev–Trinajstić information content (AvgIpc) is 3.04. The molecule has 1 atom stereocenters. The third-order valence-corrected chi connectivity index (χ3v) is 5.22. The van der Waals surface area contributed by atoms with Gasteiger partial charge >= 0.3 is 0 Å². The van der Waals surface area contributed by atoms with Crippen LogP contribution in [0.2, 0.25) is 0 Å². The molecular formula is C24H29FN2O. The predicted octanol–water partition coefficient (Wildman–Crippen LogP) is 5.48. The van der Waals surface area contributed by atoms with Crippen molar-refractivity contribution in [2.45, 2.75) is 46.1 Å². The molecule has 0 spiro atoms. The Labute approximate surface area is 166 Å². The molecule has 2 aromatic carbocycles. The van der Waals surface area contributed by atoms with Gasteiger partial charge in [-0.3, -0.25) is 4.79 Å². The standard InChI is InChI=1S/C24H29FN2O/c1-4-27-16-22(20-10-5-6-11-23(20)27)21(18-8-7-9-19(25)14-18)15-24(28)26-13-12-17(2)3/h5-11,14,16-17,21H,4,12-13,15H2,1-3H3,(H,26,28). The second-order valence-corrected chi connectivity index (χ2v) is 7.73. The van der Waals surface area contributed by atoms with Gasteiger partial charge in [-0.05, 0) is 48.6 Å². The lowest BCUT2D eigenvalue weighted by molar-refractivity contribution is -0.121. The summed E-state index contributed by atoms with van der Waals surface area (Å²) in [6.45, 7) is 7.90. The van der Waals surface area contributed by atoms with Crippen LogP contribution in [0.5, 0.6) is 0 Å². The zero-order valence-corrected chi connectivity index (χ0v) is 16.9. The van der Waals surface area contributed by atoms with Crippen molar-refractivity contribution < 1.29 is 9.18 Å². The summed E-state index contributed by atoms with van der Waals surface area (Å²) in [6, 6.07) is 14.8. The van der Waals surface area contributed by atoms with Gasteiger partial charge in [0.05, 0.1) is 0 Å². The topological polar surface area (TPSA) is 34.0 Å². The lowest BCUT2D eigenvalue weighted by Crippen LogP contribution is -2.27. The van der Waals surface area contributed by atoms with Crippen molar-refractivity contribution >= 4 is 16.8 Å². The molecule has 1 aromatic heterocycles. The molecular weight excluding hydrogens is 351 g/mol. The molecule has 4 heteroatoms. The Kier molecular flexibility index (Phi) is 6.50. The van der Waals surface area contributed by atoms with E-state index < -0.39 is 0 Å². The highest BCUT2D eigenvalue weighted by Crippen LogP contribution is 2.35. The summed E-state index contributed by atoms with van der Waals surface area (Å²) in [5.74, 6) is 0.0829. The van der Waals surface area contributed by atoms with Gasteiger partial charge in [-0.1, -0.05) is 44.2 Å². The van der Waals surface area contributed by atoms with E-state index in [4.69, 9.17) is 0 Å². The number of aromatic nitrogens is 1. The monoisotopic (exact) mass is 380 g/mol. The van der Waals surface area contributed by atoms with E-state index in [1.807, 2.05) is 18.2 Å². The number of carbonyl (C=O) groups is 1. The Balaban J connectivity index is 1.97. The van der Waals surface area contributed by atoms with Crippen LogP contribution in [0.3, 0.4) is 0 Å². The maximum atomic E-state index is 14.0. The number of halogens is 1. The molecule has 1 heterocycles. The maximum Gasteiger partial charge on any atom is 0.220 e. The first kappa shape index (κ1) is 20.1. The summed E-state index contributed by atoms with van der Waals surface area (Å²) in [4.78, 5) is 12.7. The summed E-state index contributed by atoms with van der Waals surface area (Å²) >= 11 is 0. The van der Waals surface area contributed by atoms with Gasteiger partial charge in [-0.25, -0.2) is 4.39 Å². The first-order chi connectivity index (χ1) is 13.5. The summed E-state index contributed by atoms with van der Waals surface area (Å²) in [6.07, 6.45) is 3.37. The highest BCUT2D eigenvalue weighted by molar-refractivity contribution is 5.86. The van der Waals surface area contributed by atoms with Crippen LogP contribution in [0, 0.1) is 11.7 Å². The molecule has 1 unspecified atom stereocenters. The van der Waals surface area contributed by atoms with Crippen molar-refractivity contribution in [2.75, 3.05) is 6.54 Å². The van der Waals surface area contributed by atoms with E-state index in [0.29, 0.717) is 18.9 Å². The maximum absolute atomic E-state index is 14.0. The Bertz CT molecular complexity index is 945. The van der Waals surface area contributed by atoms with Crippen molar-refractivity contribution in [3.05, 3.63) is 71.7 Å². The van der Waals surface area contributed by atoms with Crippen molar-refractivity contribution in [3.63, 3.8) is 0 Å². The van der Waals surface area contributed by atoms with Crippen LogP contribution in [0.15, 0.2) is 54.7 Å². The molecule has 1 N–H and O–H groups in total. The summed E-state index contributed by atoms with van der Waals surface area (Å²) in [5.41, 5.74) is 3.04. The third kappa shape index (κ3) is 4.61. The highest BCUT2D eigenvalue weighted by Gasteiger charge is 2.23. The number of hydrogen-bond donors (Lipinski definition) is 1. The number of para-hydroxylation sites is 1. The molecule has 0 saturated carbocycles. The zero-order valence-electron chi connectivity index (χ0n) is 16.9. The van der Waals surface area contributed by atoms with E-state index in [2.05, 4.69) is 49.0 Å². The van der Waals surface area contributed by atoms with Crippen LogP contribution in [0.25, 0.3) is 10.9 Å². The fraction of sp³-hybridized carbons (Fsp3) is 0.375. The number of rotatable bonds is 8. The normalized spacial score (nSPS) is 12.5. The van der Waals surface area contributed by atoms with Crippen molar-refractivity contribution in [2.24, 2.45) is 5.92 Å². The number of hydrogen-bond acceptors (Lipinski definition) is 1. The molecule has 1 amide bonds. The third-order valence-electron chi connectivity index (χ3n) is 5.22. The molecule has 3 rings (SSSR count). The van der Waals surface area contributed by atoms with Gasteiger partial charge in [0, 0.05) is 42.5 Å². The second kappa shape index (κ2) is 9.05. The van der Waals surface area contributed by atoms with Gasteiger partial charge in [0.2, 0.25) is 5.91 Å². The minimum absolute atomic E-state index is 0.00300. The van der Waals surface area contributed by atoms with E-state index in [1.54, 1.807) is 12.1 Å². The molecule has 0 fully saturated rings. The minimum Gasteiger partial charge on any atom is -0.356 e. The van der Waals surface area contributed by atoms with Gasteiger partial charge in [0.15, 0.2) is 0 Å². The summed E-state index contributed by atoms with van der Waals surface area (Å²) in [7, 11) is 0. The van der Waals surface area contributed by atoms with Gasteiger partial charge in [0.1, 0.15) is 5.82 Å². The summed E-state index contributed by atoms with van der Waals surface area (Å²) in [5, 5.41) is 4.15. The smallest absolute Gasteiger partial charge is 0.220 e. The molecule has 0 saturated heterocycles. The Hall–Kier alpha value is -2.62. The predicted molar refractivity (Wildman–Crippen MR) is 113 cm³/mol. The second-order valence-electron chi connectivity index (χ2n) is 7.73. The van der Waals surface area contributed by atoms with E-state index in [1.165, 1.54) is 6.07 Å². The largest absolute Gasteiger partial charge is 0.356 e. The number of benzene rings is 2. The average molecular weight is 381 g/mol. The molecule has 148 valence electrons. The van der Waals surface area contributed by atoms with E-state index in [0.717, 1.165) is 35.0 Å². The number of nitrogens with zero attached hydrogens (tertiary/aromatic N) is 1. The lowest BCUT2D eigenvalue weighted by Gasteiger charge is -2.18. The van der Waals surface area contributed by atoms with Crippen LogP contribution in [0.1, 0.15) is 50.7 Å². The van der Waals surface area contributed by atoms with Crippen molar-refractivity contribution in [3.8, 4) is 0 Å². The molecule has 0 aliphatic heterocycles. The molecule has 3 nitrogen and oxygen atoms in total. The Morgan fingerprint density at radius 1 is 1.14 bits per heavy atom. The summed E-state index contributed by atoms with van der Waals surface area (Å²) < 4.78 is 16.1. The highest BCUT2D eigenvalue weighted by atomic mass is 19.1. The van der Waals surface area contributed by atoms with E-state index in [-0.39, 0.29) is 17.6 Å². The Morgan fingerprint density at radius 3 is 2.64 bits per heavy atom. The van der Waals surface area contributed by atoms with Crippen molar-refractivity contribution in [1.29, 1.82) is 0 Å². The number of amides is 1. The minimum atomic E-state index is -0.276. The van der Waals surface area contributed by atoms with Crippen LogP contribution < -0.4 is 5.32 Å². The quantitative estimate of drug-likeness (QED) is 0.551. The molecule has 0 bridgehead atoms. The SMILES string of the molecule is CCn1cc(C(CC(=O)NCCC(C)C)c2cccc(F)c2)c2ccccc21. The fourth-order valence-electron chi connectivity index (χ4n) is 3.70. The van der Waals surface area contributed by atoms with E-state index >= 15 is 0 Å². The van der Waals surface area contributed by atoms with Crippen LogP contribution >= 0.6 is 0 Å². The van der Waals surface area contributed by atoms with Gasteiger partial charge in [-0.15, -0.1) is 0 Å². The van der Waals surface area contributed by atoms with Crippen LogP contribution in [-0.2, 0) is 11.3 Å². The molecule has 3 aromatic rings. The van der Waals surface area contributed by atoms with Gasteiger partial charge in [0.25, 0.3) is 0 Å². The Morgan fingerprint density at radius 2 is 1.93 bits per heavy atom. The number of fused-ring (bicyclic) bond motifs is 1. The van der Waals surface area contributed by atoms with Crippen LogP contribution in [0.4, 0.5) is 4.39 Å². The lowest BCUT2D eigenvalue weighted by atomic mass is 9.88. The number of nitrogens with one attached hydrogen (secondary N) is 1. The first-order valence-corrected chi connectivity index (χ1v) is 10.1. The molecule has 0 radical (unpaired) electrons. The van der Waals surface area contributed by atoms with E-state index in [9.17, 15) is 9.18 Å². The fourth-order valence-corrected chi connectivity index (χ4v) is 3.70. The first-order valence-electron chi connectivity index (χ1n) is 10.1. The molecule has 0 aliphatic rings. The number of carbonyl (C=O) groups excluding carboxylic acids is 1. The molecule has 28 heavy (non-hydrogen) atoms. The van der Waals surface area contributed by atoms with Crippen LogP contribution in [-0.4, -0.2) is 17.0 Å². The van der Waals surface area contributed by atoms with Gasteiger partial charge < -0.3 is 9.88 Å². The molecule has 0 aliphatic carbocycles. The van der Waals surface area contributed by atoms with Crippen molar-refractivity contribution in [1.82, 2.24) is 9.88 Å².